The summed E-state index contributed by atoms with van der Waals surface area (Å²) in [5.41, 5.74) is 19.6. The Morgan fingerprint density at radius 1 is 0.397 bits per heavy atom. The zero-order valence-corrected chi connectivity index (χ0v) is 34.9. The second-order valence-electron chi connectivity index (χ2n) is 14.8. The normalized spacial score (nSPS) is 12.1. The number of fused-ring (bicyclic) bond motifs is 9. The van der Waals surface area contributed by atoms with Gasteiger partial charge >= 0.3 is 20.1 Å². The maximum atomic E-state index is 4.46. The predicted molar refractivity (Wildman–Crippen MR) is 227 cm³/mol. The van der Waals surface area contributed by atoms with E-state index in [9.17, 15) is 0 Å². The minimum Gasteiger partial charge on any atom is -0.373 e. The van der Waals surface area contributed by atoms with Crippen LogP contribution < -0.4 is 0 Å². The molecular weight excluding hydrogens is 889 g/mol. The van der Waals surface area contributed by atoms with E-state index >= 15 is 0 Å². The maximum Gasteiger partial charge on any atom is 3.00 e. The predicted octanol–water partition coefficient (Wildman–Crippen LogP) is 10.4. The first-order chi connectivity index (χ1) is 28.0. The molecule has 12 rings (SSSR count). The van der Waals surface area contributed by atoms with Gasteiger partial charge in [-0.2, -0.15) is 0 Å². The van der Waals surface area contributed by atoms with E-state index in [-0.39, 0.29) is 20.1 Å². The molecule has 3 heterocycles. The number of aryl methyl sites for hydroxylation is 3. The van der Waals surface area contributed by atoms with Crippen molar-refractivity contribution >= 4 is 0 Å². The molecule has 6 nitrogen and oxygen atoms in total. The summed E-state index contributed by atoms with van der Waals surface area (Å²) < 4.78 is 6.15. The molecule has 0 saturated heterocycles. The zero-order valence-electron chi connectivity index (χ0n) is 32.5. The third-order valence-electron chi connectivity index (χ3n) is 11.5. The van der Waals surface area contributed by atoms with Crippen molar-refractivity contribution in [3.63, 3.8) is 0 Å². The van der Waals surface area contributed by atoms with Crippen molar-refractivity contribution < 1.29 is 20.1 Å². The Labute approximate surface area is 352 Å². The van der Waals surface area contributed by atoms with E-state index in [1.54, 1.807) is 0 Å². The Balaban J connectivity index is 0.000000112. The summed E-state index contributed by atoms with van der Waals surface area (Å²) in [7, 11) is 6.08. The van der Waals surface area contributed by atoms with Crippen molar-refractivity contribution in [1.29, 1.82) is 0 Å². The Morgan fingerprint density at radius 3 is 0.966 bits per heavy atom. The minimum atomic E-state index is 0. The molecule has 0 aliphatic heterocycles. The van der Waals surface area contributed by atoms with E-state index in [1.807, 2.05) is 76.5 Å². The van der Waals surface area contributed by atoms with Crippen molar-refractivity contribution in [2.75, 3.05) is 0 Å². The molecule has 9 aromatic rings. The summed E-state index contributed by atoms with van der Waals surface area (Å²) >= 11 is 0. The molecule has 282 valence electrons. The topological polar surface area (TPSA) is 53.5 Å². The van der Waals surface area contributed by atoms with Crippen LogP contribution in [0, 0.1) is 18.2 Å². The summed E-state index contributed by atoms with van der Waals surface area (Å²) in [5.74, 6) is 2.97. The molecule has 0 saturated carbocycles. The van der Waals surface area contributed by atoms with Gasteiger partial charge in [0.1, 0.15) is 0 Å². The molecule has 0 atom stereocenters. The van der Waals surface area contributed by atoms with Crippen molar-refractivity contribution in [3.05, 3.63) is 198 Å². The number of rotatable bonds is 3. The smallest absolute Gasteiger partial charge is 0.373 e. The Kier molecular flexibility index (Phi) is 9.94. The van der Waals surface area contributed by atoms with Gasteiger partial charge in [0, 0.05) is 58.3 Å². The SMILES string of the molecule is Cn1ccnc1-c1[c-]ccc2c1Cc1ccccc1-2.Cn1ccnc1-c1[c-]ccc2c1Cc1ccccc1-2.Cn1ccnc1-c1[c-]ccc2c1Cc1ccccc1-2.[Ir+3]. The van der Waals surface area contributed by atoms with Gasteiger partial charge in [-0.1, -0.05) is 89.5 Å². The van der Waals surface area contributed by atoms with Crippen LogP contribution in [-0.2, 0) is 60.5 Å². The van der Waals surface area contributed by atoms with Crippen LogP contribution in [0.2, 0.25) is 0 Å². The molecule has 0 radical (unpaired) electrons. The largest absolute Gasteiger partial charge is 3.00 e. The summed E-state index contributed by atoms with van der Waals surface area (Å²) in [4.78, 5) is 13.4. The number of imidazole rings is 3. The van der Waals surface area contributed by atoms with Crippen LogP contribution in [0.4, 0.5) is 0 Å². The number of hydrogen-bond donors (Lipinski definition) is 0. The molecule has 7 heteroatoms. The third kappa shape index (κ3) is 6.47. The van der Waals surface area contributed by atoms with Gasteiger partial charge in [-0.05, 0) is 52.6 Å². The van der Waals surface area contributed by atoms with Gasteiger partial charge in [-0.3, -0.25) is 15.0 Å². The van der Waals surface area contributed by atoms with E-state index in [0.717, 1.165) is 53.4 Å². The fourth-order valence-corrected chi connectivity index (χ4v) is 8.70. The molecule has 58 heavy (non-hydrogen) atoms. The van der Waals surface area contributed by atoms with Crippen molar-refractivity contribution in [3.8, 4) is 67.5 Å². The number of aromatic nitrogens is 6. The van der Waals surface area contributed by atoms with Crippen molar-refractivity contribution in [2.24, 2.45) is 21.1 Å². The van der Waals surface area contributed by atoms with Crippen LogP contribution in [-0.4, -0.2) is 28.7 Å². The molecule has 6 aromatic carbocycles. The zero-order chi connectivity index (χ0) is 38.5. The van der Waals surface area contributed by atoms with E-state index in [2.05, 4.69) is 138 Å². The summed E-state index contributed by atoms with van der Waals surface area (Å²) in [6, 6.07) is 48.4. The average molecular weight is 928 g/mol. The summed E-state index contributed by atoms with van der Waals surface area (Å²) in [5, 5.41) is 0. The monoisotopic (exact) mass is 928 g/mol. The standard InChI is InChI=1S/3C17H13N2.Ir/c3*1-19-10-9-18-17(19)15-8-4-7-14-13-6-3-2-5-12(13)11-16(14)15;/h3*2-7,9-10H,11H2,1H3;/q3*-1;+3. The van der Waals surface area contributed by atoms with Gasteiger partial charge in [0.15, 0.2) is 0 Å². The van der Waals surface area contributed by atoms with Gasteiger partial charge in [0.05, 0.1) is 17.5 Å². The van der Waals surface area contributed by atoms with E-state index in [0.29, 0.717) is 0 Å². The minimum absolute atomic E-state index is 0. The van der Waals surface area contributed by atoms with Gasteiger partial charge in [-0.15, -0.1) is 88.0 Å². The van der Waals surface area contributed by atoms with E-state index in [4.69, 9.17) is 0 Å². The van der Waals surface area contributed by atoms with Gasteiger partial charge < -0.3 is 13.7 Å². The molecule has 0 fully saturated rings. The van der Waals surface area contributed by atoms with Crippen LogP contribution in [0.25, 0.3) is 67.5 Å². The maximum absolute atomic E-state index is 4.46. The number of nitrogens with zero attached hydrogens (tertiary/aromatic N) is 6. The van der Waals surface area contributed by atoms with Crippen LogP contribution in [0.15, 0.2) is 146 Å². The number of benzene rings is 6. The molecule has 0 unspecified atom stereocenters. The molecule has 0 bridgehead atoms. The molecule has 0 N–H and O–H groups in total. The third-order valence-corrected chi connectivity index (χ3v) is 11.5. The molecule has 0 spiro atoms. The van der Waals surface area contributed by atoms with Crippen LogP contribution in [0.3, 0.4) is 0 Å². The van der Waals surface area contributed by atoms with Crippen LogP contribution in [0.5, 0.6) is 0 Å². The van der Waals surface area contributed by atoms with Gasteiger partial charge in [0.2, 0.25) is 0 Å². The Hall–Kier alpha value is -6.40. The van der Waals surface area contributed by atoms with Crippen molar-refractivity contribution in [1.82, 2.24) is 28.7 Å². The molecule has 3 aliphatic rings. The molecular formula is C51H39IrN6. The quantitative estimate of drug-likeness (QED) is 0.166. The second kappa shape index (κ2) is 15.5. The van der Waals surface area contributed by atoms with E-state index < -0.39 is 0 Å². The molecule has 3 aromatic heterocycles. The second-order valence-corrected chi connectivity index (χ2v) is 14.8. The average Bonchev–Trinajstić information content (AvgIpc) is 4.11. The van der Waals surface area contributed by atoms with Crippen molar-refractivity contribution in [2.45, 2.75) is 19.3 Å². The van der Waals surface area contributed by atoms with Gasteiger partial charge in [-0.25, -0.2) is 0 Å². The van der Waals surface area contributed by atoms with Gasteiger partial charge in [0.25, 0.3) is 0 Å². The van der Waals surface area contributed by atoms with Crippen LogP contribution in [0.1, 0.15) is 33.4 Å². The fourth-order valence-electron chi connectivity index (χ4n) is 8.70. The van der Waals surface area contributed by atoms with Crippen LogP contribution >= 0.6 is 0 Å². The Morgan fingerprint density at radius 2 is 0.690 bits per heavy atom. The first-order valence-corrected chi connectivity index (χ1v) is 19.3. The molecule has 0 amide bonds. The summed E-state index contributed by atoms with van der Waals surface area (Å²) in [6.45, 7) is 0. The fraction of sp³-hybridized carbons (Fsp3) is 0.118. The number of hydrogen-bond acceptors (Lipinski definition) is 3. The first kappa shape index (κ1) is 37.2. The first-order valence-electron chi connectivity index (χ1n) is 19.3. The summed E-state index contributed by atoms with van der Waals surface area (Å²) in [6.07, 6.45) is 14.4. The van der Waals surface area contributed by atoms with E-state index in [1.165, 1.54) is 66.8 Å². The molecule has 3 aliphatic carbocycles. The Bertz CT molecular complexity index is 2630.